The number of allylic oxidation sites excluding steroid dienone is 3. The summed E-state index contributed by atoms with van der Waals surface area (Å²) in [5.41, 5.74) is 0. The van der Waals surface area contributed by atoms with Crippen LogP contribution in [0.2, 0.25) is 0 Å². The standard InChI is InChI=1S/C9H12OS/c1-8(10)5-6-9-4-2-3-7-11-9/h3-4,7H,2,5-6H2,1H3. The van der Waals surface area contributed by atoms with Crippen molar-refractivity contribution in [2.45, 2.75) is 26.2 Å². The molecular formula is C9H12OS. The Morgan fingerprint density at radius 3 is 3.09 bits per heavy atom. The molecule has 1 nitrogen and oxygen atoms in total. The van der Waals surface area contributed by atoms with Crippen LogP contribution in [0.3, 0.4) is 0 Å². The minimum Gasteiger partial charge on any atom is -0.300 e. The molecule has 0 amide bonds. The zero-order valence-electron chi connectivity index (χ0n) is 6.67. The summed E-state index contributed by atoms with van der Waals surface area (Å²) in [6.45, 7) is 1.64. The Hall–Kier alpha value is -0.500. The molecule has 0 unspecified atom stereocenters. The van der Waals surface area contributed by atoms with E-state index in [1.807, 2.05) is 0 Å². The van der Waals surface area contributed by atoms with Crippen LogP contribution in [0.1, 0.15) is 26.2 Å². The van der Waals surface area contributed by atoms with E-state index in [1.54, 1.807) is 18.7 Å². The summed E-state index contributed by atoms with van der Waals surface area (Å²) in [6.07, 6.45) is 6.95. The number of carbonyl (C=O) groups is 1. The number of hydrogen-bond donors (Lipinski definition) is 0. The molecule has 0 aromatic rings. The van der Waals surface area contributed by atoms with E-state index >= 15 is 0 Å². The molecule has 1 rings (SSSR count). The Morgan fingerprint density at radius 1 is 1.73 bits per heavy atom. The minimum absolute atomic E-state index is 0.279. The van der Waals surface area contributed by atoms with E-state index in [4.69, 9.17) is 0 Å². The predicted octanol–water partition coefficient (Wildman–Crippen LogP) is 2.89. The van der Waals surface area contributed by atoms with E-state index in [0.717, 1.165) is 12.8 Å². The number of hydrogen-bond acceptors (Lipinski definition) is 2. The molecule has 0 saturated heterocycles. The Kier molecular flexibility index (Phi) is 3.43. The fourth-order valence-electron chi connectivity index (χ4n) is 0.899. The van der Waals surface area contributed by atoms with Gasteiger partial charge in [0.25, 0.3) is 0 Å². The van der Waals surface area contributed by atoms with Gasteiger partial charge in [-0.1, -0.05) is 12.2 Å². The highest BCUT2D eigenvalue weighted by molar-refractivity contribution is 8.05. The molecule has 2 heteroatoms. The Balaban J connectivity index is 2.26. The molecule has 0 bridgehead atoms. The first kappa shape index (κ1) is 8.60. The fraction of sp³-hybridized carbons (Fsp3) is 0.444. The lowest BCUT2D eigenvalue weighted by molar-refractivity contribution is -0.116. The van der Waals surface area contributed by atoms with Crippen LogP contribution in [0.4, 0.5) is 0 Å². The number of Topliss-reactive ketones (excluding diaryl/α,β-unsaturated/α-hetero) is 1. The van der Waals surface area contributed by atoms with Gasteiger partial charge in [-0.2, -0.15) is 0 Å². The Bertz CT molecular complexity index is 204. The van der Waals surface area contributed by atoms with Crippen LogP contribution >= 0.6 is 11.8 Å². The van der Waals surface area contributed by atoms with Crippen LogP contribution in [0.25, 0.3) is 0 Å². The molecule has 0 aliphatic carbocycles. The van der Waals surface area contributed by atoms with Gasteiger partial charge in [0, 0.05) is 6.42 Å². The molecule has 11 heavy (non-hydrogen) atoms. The van der Waals surface area contributed by atoms with Crippen LogP contribution in [0.5, 0.6) is 0 Å². The van der Waals surface area contributed by atoms with Crippen LogP contribution in [0.15, 0.2) is 22.5 Å². The lowest BCUT2D eigenvalue weighted by atomic mass is 10.2. The van der Waals surface area contributed by atoms with E-state index in [-0.39, 0.29) is 5.78 Å². The number of carbonyl (C=O) groups excluding carboxylic acids is 1. The highest BCUT2D eigenvalue weighted by Gasteiger charge is 2.00. The van der Waals surface area contributed by atoms with Crippen molar-refractivity contribution in [3.63, 3.8) is 0 Å². The molecule has 1 heterocycles. The third-order valence-corrected chi connectivity index (χ3v) is 2.52. The molecule has 0 aromatic heterocycles. The Labute approximate surface area is 71.6 Å². The average molecular weight is 168 g/mol. The van der Waals surface area contributed by atoms with Crippen molar-refractivity contribution in [3.05, 3.63) is 22.5 Å². The second-order valence-electron chi connectivity index (χ2n) is 2.60. The lowest BCUT2D eigenvalue weighted by Crippen LogP contribution is -1.90. The van der Waals surface area contributed by atoms with Crippen molar-refractivity contribution in [2.75, 3.05) is 0 Å². The molecule has 1 aliphatic heterocycles. The maximum atomic E-state index is 10.6. The van der Waals surface area contributed by atoms with Gasteiger partial charge in [0.15, 0.2) is 0 Å². The second kappa shape index (κ2) is 4.39. The first-order valence-electron chi connectivity index (χ1n) is 3.79. The lowest BCUT2D eigenvalue weighted by Gasteiger charge is -2.05. The van der Waals surface area contributed by atoms with Crippen LogP contribution in [0, 0.1) is 0 Å². The van der Waals surface area contributed by atoms with Gasteiger partial charge in [0.1, 0.15) is 5.78 Å². The van der Waals surface area contributed by atoms with Gasteiger partial charge < -0.3 is 4.79 Å². The van der Waals surface area contributed by atoms with Crippen LogP contribution in [-0.4, -0.2) is 5.78 Å². The normalized spacial score (nSPS) is 16.3. The average Bonchev–Trinajstić information content (AvgIpc) is 2.03. The fourth-order valence-corrected chi connectivity index (χ4v) is 1.69. The number of rotatable bonds is 3. The summed E-state index contributed by atoms with van der Waals surface area (Å²) in [6, 6.07) is 0. The van der Waals surface area contributed by atoms with Crippen LogP contribution < -0.4 is 0 Å². The maximum absolute atomic E-state index is 10.6. The molecule has 0 aromatic carbocycles. The highest BCUT2D eigenvalue weighted by Crippen LogP contribution is 2.26. The summed E-state index contributed by atoms with van der Waals surface area (Å²) in [5, 5.41) is 2.09. The van der Waals surface area contributed by atoms with Gasteiger partial charge in [-0.25, -0.2) is 0 Å². The van der Waals surface area contributed by atoms with Crippen LogP contribution in [-0.2, 0) is 4.79 Å². The van der Waals surface area contributed by atoms with Crippen molar-refractivity contribution in [1.82, 2.24) is 0 Å². The zero-order chi connectivity index (χ0) is 8.10. The third kappa shape index (κ3) is 3.42. The molecule has 0 saturated carbocycles. The van der Waals surface area contributed by atoms with Gasteiger partial charge in [-0.3, -0.25) is 0 Å². The third-order valence-electron chi connectivity index (χ3n) is 1.52. The van der Waals surface area contributed by atoms with E-state index in [9.17, 15) is 4.79 Å². The predicted molar refractivity (Wildman–Crippen MR) is 49.3 cm³/mol. The molecular weight excluding hydrogens is 156 g/mol. The molecule has 0 radical (unpaired) electrons. The van der Waals surface area contributed by atoms with Crippen molar-refractivity contribution >= 4 is 17.5 Å². The zero-order valence-corrected chi connectivity index (χ0v) is 7.49. The Morgan fingerprint density at radius 2 is 2.55 bits per heavy atom. The topological polar surface area (TPSA) is 17.1 Å². The molecule has 0 spiro atoms. The molecule has 1 aliphatic rings. The number of thioether (sulfide) groups is 1. The highest BCUT2D eigenvalue weighted by atomic mass is 32.2. The summed E-state index contributed by atoms with van der Waals surface area (Å²) < 4.78 is 0. The van der Waals surface area contributed by atoms with Gasteiger partial charge in [0.2, 0.25) is 0 Å². The van der Waals surface area contributed by atoms with E-state index in [0.29, 0.717) is 6.42 Å². The largest absolute Gasteiger partial charge is 0.300 e. The smallest absolute Gasteiger partial charge is 0.130 e. The second-order valence-corrected chi connectivity index (χ2v) is 3.63. The van der Waals surface area contributed by atoms with Gasteiger partial charge in [-0.15, -0.1) is 11.8 Å². The molecule has 0 N–H and O–H groups in total. The van der Waals surface area contributed by atoms with E-state index < -0.39 is 0 Å². The summed E-state index contributed by atoms with van der Waals surface area (Å²) in [5.74, 6) is 0.279. The van der Waals surface area contributed by atoms with Gasteiger partial charge in [0.05, 0.1) is 0 Å². The summed E-state index contributed by atoms with van der Waals surface area (Å²) in [7, 11) is 0. The van der Waals surface area contributed by atoms with E-state index in [2.05, 4.69) is 17.6 Å². The van der Waals surface area contributed by atoms with Crippen molar-refractivity contribution in [2.24, 2.45) is 0 Å². The van der Waals surface area contributed by atoms with Crippen molar-refractivity contribution in [3.8, 4) is 0 Å². The van der Waals surface area contributed by atoms with Gasteiger partial charge in [-0.05, 0) is 30.1 Å². The molecule has 0 atom stereocenters. The van der Waals surface area contributed by atoms with E-state index in [1.165, 1.54) is 4.91 Å². The SMILES string of the molecule is CC(=O)CCC1=CCC=CS1. The number of ketones is 1. The van der Waals surface area contributed by atoms with Crippen molar-refractivity contribution < 1.29 is 4.79 Å². The van der Waals surface area contributed by atoms with Crippen molar-refractivity contribution in [1.29, 1.82) is 0 Å². The monoisotopic (exact) mass is 168 g/mol. The quantitative estimate of drug-likeness (QED) is 0.644. The maximum Gasteiger partial charge on any atom is 0.130 e. The van der Waals surface area contributed by atoms with Gasteiger partial charge >= 0.3 is 0 Å². The summed E-state index contributed by atoms with van der Waals surface area (Å²) in [4.78, 5) is 12.0. The first-order valence-corrected chi connectivity index (χ1v) is 4.67. The molecule has 60 valence electrons. The first-order chi connectivity index (χ1) is 5.29. The molecule has 0 fully saturated rings. The summed E-state index contributed by atoms with van der Waals surface area (Å²) >= 11 is 1.73. The minimum atomic E-state index is 0.279.